The Morgan fingerprint density at radius 1 is 1.17 bits per heavy atom. The summed E-state index contributed by atoms with van der Waals surface area (Å²) in [5.74, 6) is -0.101. The van der Waals surface area contributed by atoms with E-state index in [4.69, 9.17) is 0 Å². The van der Waals surface area contributed by atoms with Crippen LogP contribution in [0.5, 0.6) is 5.75 Å². The Labute approximate surface area is 139 Å². The minimum Gasteiger partial charge on any atom is -0.406 e. The van der Waals surface area contributed by atoms with Crippen molar-refractivity contribution in [3.8, 4) is 5.75 Å². The molecular formula is C17H21F3N2O2. The molecule has 2 aliphatic heterocycles. The number of carbonyl (C=O) groups is 1. The quantitative estimate of drug-likeness (QED) is 0.915. The van der Waals surface area contributed by atoms with Gasteiger partial charge in [0, 0.05) is 25.0 Å². The smallest absolute Gasteiger partial charge is 0.406 e. The number of benzene rings is 1. The lowest BCUT2D eigenvalue weighted by Crippen LogP contribution is -2.42. The fourth-order valence-electron chi connectivity index (χ4n) is 3.63. The number of nitrogens with zero attached hydrogens (tertiary/aromatic N) is 1. The van der Waals surface area contributed by atoms with Crippen LogP contribution >= 0.6 is 0 Å². The van der Waals surface area contributed by atoms with Gasteiger partial charge in [0.15, 0.2) is 0 Å². The van der Waals surface area contributed by atoms with E-state index in [-0.39, 0.29) is 17.7 Å². The number of hydrogen-bond donors (Lipinski definition) is 1. The molecule has 2 aliphatic rings. The van der Waals surface area contributed by atoms with Gasteiger partial charge in [-0.3, -0.25) is 4.79 Å². The van der Waals surface area contributed by atoms with Crippen molar-refractivity contribution in [1.29, 1.82) is 0 Å². The second kappa shape index (κ2) is 7.01. The number of carbonyl (C=O) groups excluding carboxylic acids is 1. The highest BCUT2D eigenvalue weighted by molar-refractivity contribution is 5.77. The molecule has 2 heterocycles. The van der Waals surface area contributed by atoms with E-state index in [1.807, 2.05) is 4.90 Å². The minimum absolute atomic E-state index is 0.141. The summed E-state index contributed by atoms with van der Waals surface area (Å²) in [5, 5.41) is 3.36. The van der Waals surface area contributed by atoms with Crippen molar-refractivity contribution in [3.05, 3.63) is 29.8 Å². The number of amides is 1. The Morgan fingerprint density at radius 2 is 1.88 bits per heavy atom. The molecule has 0 radical (unpaired) electrons. The van der Waals surface area contributed by atoms with Crippen LogP contribution in [0.25, 0.3) is 0 Å². The third kappa shape index (κ3) is 4.20. The van der Waals surface area contributed by atoms with Crippen LogP contribution in [0.3, 0.4) is 0 Å². The van der Waals surface area contributed by atoms with Gasteiger partial charge < -0.3 is 15.0 Å². The summed E-state index contributed by atoms with van der Waals surface area (Å²) in [6.07, 6.45) is -0.668. The summed E-state index contributed by atoms with van der Waals surface area (Å²) < 4.78 is 40.3. The van der Waals surface area contributed by atoms with Crippen molar-refractivity contribution in [2.45, 2.75) is 50.6 Å². The number of alkyl halides is 3. The van der Waals surface area contributed by atoms with E-state index in [9.17, 15) is 18.0 Å². The molecule has 7 heteroatoms. The molecule has 2 saturated heterocycles. The lowest BCUT2D eigenvalue weighted by Gasteiger charge is -2.28. The number of nitrogens with one attached hydrogen (secondary N) is 1. The van der Waals surface area contributed by atoms with Crippen molar-refractivity contribution in [2.75, 3.05) is 13.1 Å². The number of fused-ring (bicyclic) bond motifs is 2. The summed E-state index contributed by atoms with van der Waals surface area (Å²) in [4.78, 5) is 14.6. The number of hydrogen-bond acceptors (Lipinski definition) is 3. The molecule has 1 aromatic carbocycles. The molecular weight excluding hydrogens is 321 g/mol. The van der Waals surface area contributed by atoms with E-state index in [2.05, 4.69) is 10.1 Å². The normalized spacial score (nSPS) is 23.9. The molecule has 2 atom stereocenters. The van der Waals surface area contributed by atoms with E-state index in [0.29, 0.717) is 18.9 Å². The van der Waals surface area contributed by atoms with Gasteiger partial charge in [-0.1, -0.05) is 12.1 Å². The lowest BCUT2D eigenvalue weighted by molar-refractivity contribution is -0.274. The van der Waals surface area contributed by atoms with Gasteiger partial charge in [0.05, 0.1) is 0 Å². The fourth-order valence-corrected chi connectivity index (χ4v) is 3.63. The Kier molecular flexibility index (Phi) is 4.99. The van der Waals surface area contributed by atoms with Gasteiger partial charge in [-0.2, -0.15) is 0 Å². The molecule has 2 unspecified atom stereocenters. The summed E-state index contributed by atoms with van der Waals surface area (Å²) in [6.45, 7) is 1.80. The maximum Gasteiger partial charge on any atom is 0.573 e. The molecule has 1 amide bonds. The summed E-state index contributed by atoms with van der Waals surface area (Å²) >= 11 is 0. The molecule has 1 aromatic rings. The molecule has 132 valence electrons. The maximum atomic E-state index is 12.6. The second-order valence-corrected chi connectivity index (χ2v) is 6.37. The molecule has 4 nitrogen and oxygen atoms in total. The van der Waals surface area contributed by atoms with Crippen LogP contribution in [-0.4, -0.2) is 42.3 Å². The molecule has 2 fully saturated rings. The van der Waals surface area contributed by atoms with E-state index >= 15 is 0 Å². The number of rotatable bonds is 4. The SMILES string of the molecule is O=C(CCc1ccc(OC(F)(F)F)cc1)N1C2CCNCC1CC2. The average molecular weight is 342 g/mol. The summed E-state index contributed by atoms with van der Waals surface area (Å²) in [5.41, 5.74) is 0.832. The van der Waals surface area contributed by atoms with E-state index < -0.39 is 6.36 Å². The van der Waals surface area contributed by atoms with Gasteiger partial charge in [0.2, 0.25) is 5.91 Å². The monoisotopic (exact) mass is 342 g/mol. The Bertz CT molecular complexity index is 560. The summed E-state index contributed by atoms with van der Waals surface area (Å²) in [7, 11) is 0. The molecule has 0 spiro atoms. The van der Waals surface area contributed by atoms with E-state index in [1.165, 1.54) is 12.1 Å². The Hall–Kier alpha value is -1.76. The van der Waals surface area contributed by atoms with Crippen molar-refractivity contribution in [1.82, 2.24) is 10.2 Å². The number of aryl methyl sites for hydroxylation is 1. The van der Waals surface area contributed by atoms with Gasteiger partial charge in [-0.05, 0) is 49.9 Å². The Balaban J connectivity index is 1.54. The fraction of sp³-hybridized carbons (Fsp3) is 0.588. The largest absolute Gasteiger partial charge is 0.573 e. The molecule has 1 N–H and O–H groups in total. The zero-order valence-corrected chi connectivity index (χ0v) is 13.3. The molecule has 0 aliphatic carbocycles. The minimum atomic E-state index is -4.68. The van der Waals surface area contributed by atoms with Crippen molar-refractivity contribution >= 4 is 5.91 Å². The van der Waals surface area contributed by atoms with Crippen molar-refractivity contribution in [2.24, 2.45) is 0 Å². The highest BCUT2D eigenvalue weighted by atomic mass is 19.4. The highest BCUT2D eigenvalue weighted by Crippen LogP contribution is 2.29. The predicted molar refractivity (Wildman–Crippen MR) is 82.6 cm³/mol. The topological polar surface area (TPSA) is 41.6 Å². The predicted octanol–water partition coefficient (Wildman–Crippen LogP) is 2.87. The number of ether oxygens (including phenoxy) is 1. The van der Waals surface area contributed by atoms with E-state index in [1.54, 1.807) is 12.1 Å². The van der Waals surface area contributed by atoms with Gasteiger partial charge >= 0.3 is 6.36 Å². The third-order valence-electron chi connectivity index (χ3n) is 4.73. The average Bonchev–Trinajstić information content (AvgIpc) is 2.78. The van der Waals surface area contributed by atoms with Crippen molar-refractivity contribution in [3.63, 3.8) is 0 Å². The highest BCUT2D eigenvalue weighted by Gasteiger charge is 2.37. The lowest BCUT2D eigenvalue weighted by atomic mass is 10.1. The van der Waals surface area contributed by atoms with Crippen LogP contribution in [0.1, 0.15) is 31.2 Å². The molecule has 0 aromatic heterocycles. The van der Waals surface area contributed by atoms with Gasteiger partial charge in [-0.25, -0.2) is 0 Å². The van der Waals surface area contributed by atoms with Crippen LogP contribution < -0.4 is 10.1 Å². The molecule has 24 heavy (non-hydrogen) atoms. The van der Waals surface area contributed by atoms with Crippen molar-refractivity contribution < 1.29 is 22.7 Å². The van der Waals surface area contributed by atoms with Gasteiger partial charge in [0.25, 0.3) is 0 Å². The van der Waals surface area contributed by atoms with Gasteiger partial charge in [-0.15, -0.1) is 13.2 Å². The van der Waals surface area contributed by atoms with Crippen LogP contribution in [0.15, 0.2) is 24.3 Å². The molecule has 0 saturated carbocycles. The van der Waals surface area contributed by atoms with Crippen LogP contribution in [0.4, 0.5) is 13.2 Å². The molecule has 2 bridgehead atoms. The summed E-state index contributed by atoms with van der Waals surface area (Å²) in [6, 6.07) is 6.34. The first-order chi connectivity index (χ1) is 11.4. The van der Waals surface area contributed by atoms with Gasteiger partial charge in [0.1, 0.15) is 5.75 Å². The van der Waals surface area contributed by atoms with E-state index in [0.717, 1.165) is 37.9 Å². The first-order valence-electron chi connectivity index (χ1n) is 8.29. The standard InChI is InChI=1S/C17H21F3N2O2/c18-17(19,20)24-15-6-1-12(2-7-15)3-8-16(23)22-13-4-5-14(22)11-21-10-9-13/h1-2,6-7,13-14,21H,3-5,8-11H2. The van der Waals surface area contributed by atoms with Crippen LogP contribution in [0.2, 0.25) is 0 Å². The van der Waals surface area contributed by atoms with Crippen LogP contribution in [-0.2, 0) is 11.2 Å². The zero-order valence-electron chi connectivity index (χ0n) is 13.3. The Morgan fingerprint density at radius 3 is 2.58 bits per heavy atom. The number of halogens is 3. The second-order valence-electron chi connectivity index (χ2n) is 6.37. The third-order valence-corrected chi connectivity index (χ3v) is 4.73. The zero-order chi connectivity index (χ0) is 17.2. The van der Waals surface area contributed by atoms with Crippen LogP contribution in [0, 0.1) is 0 Å². The first-order valence-corrected chi connectivity index (χ1v) is 8.29. The maximum absolute atomic E-state index is 12.6. The molecule has 3 rings (SSSR count). The first kappa shape index (κ1) is 17.1.